The molecule has 0 radical (unpaired) electrons. The maximum Gasteiger partial charge on any atom is 0.325 e. The van der Waals surface area contributed by atoms with Crippen LogP contribution in [0.1, 0.15) is 46.0 Å². The summed E-state index contributed by atoms with van der Waals surface area (Å²) in [7, 11) is -3.63. The number of ketones is 1. The molecule has 1 aromatic carbocycles. The molecular formula is C24H31N3O6S. The number of carbonyl (C=O) groups is 3. The fourth-order valence-corrected chi connectivity index (χ4v) is 4.97. The second-order valence-electron chi connectivity index (χ2n) is 7.56. The molecule has 1 N–H and O–H groups in total. The lowest BCUT2D eigenvalue weighted by Gasteiger charge is -2.18. The summed E-state index contributed by atoms with van der Waals surface area (Å²) in [4.78, 5) is 36.8. The lowest BCUT2D eigenvalue weighted by molar-refractivity contribution is -0.141. The number of hydrogen-bond acceptors (Lipinski definition) is 6. The first-order chi connectivity index (χ1) is 16.1. The zero-order valence-corrected chi connectivity index (χ0v) is 20.8. The van der Waals surface area contributed by atoms with Gasteiger partial charge in [0.1, 0.15) is 6.54 Å². The van der Waals surface area contributed by atoms with E-state index in [2.05, 4.69) is 11.9 Å². The minimum atomic E-state index is -3.63. The molecule has 0 aliphatic carbocycles. The van der Waals surface area contributed by atoms with E-state index in [4.69, 9.17) is 4.74 Å². The topological polar surface area (TPSA) is 115 Å². The number of carbonyl (C=O) groups excluding carboxylic acids is 3. The van der Waals surface area contributed by atoms with Crippen LogP contribution in [0.3, 0.4) is 0 Å². The van der Waals surface area contributed by atoms with Crippen LogP contribution in [0.2, 0.25) is 0 Å². The van der Waals surface area contributed by atoms with Gasteiger partial charge in [0.05, 0.1) is 4.90 Å². The molecule has 10 heteroatoms. The minimum Gasteiger partial charge on any atom is -0.456 e. The number of hydrogen-bond donors (Lipinski definition) is 1. The van der Waals surface area contributed by atoms with Crippen molar-refractivity contribution in [3.05, 3.63) is 65.5 Å². The van der Waals surface area contributed by atoms with Gasteiger partial charge in [-0.25, -0.2) is 8.42 Å². The van der Waals surface area contributed by atoms with Gasteiger partial charge in [-0.1, -0.05) is 19.9 Å². The Hall–Kier alpha value is -3.24. The molecule has 1 heterocycles. The van der Waals surface area contributed by atoms with Crippen LogP contribution in [-0.4, -0.2) is 61.2 Å². The van der Waals surface area contributed by atoms with Crippen LogP contribution in [0, 0.1) is 13.8 Å². The van der Waals surface area contributed by atoms with E-state index in [1.165, 1.54) is 28.6 Å². The minimum absolute atomic E-state index is 0.0816. The number of ether oxygens (including phenoxy) is 1. The third-order valence-corrected chi connectivity index (χ3v) is 7.47. The lowest BCUT2D eigenvalue weighted by Crippen LogP contribution is -2.32. The number of rotatable bonds is 12. The Morgan fingerprint density at radius 2 is 1.74 bits per heavy atom. The number of Topliss-reactive ketones (excluding diaryl/α,β-unsaturated/α-hetero) is 1. The van der Waals surface area contributed by atoms with E-state index in [-0.39, 0.29) is 16.2 Å². The van der Waals surface area contributed by atoms with Gasteiger partial charge in [-0.3, -0.25) is 14.4 Å². The van der Waals surface area contributed by atoms with Crippen LogP contribution in [-0.2, 0) is 26.1 Å². The molecule has 0 spiro atoms. The van der Waals surface area contributed by atoms with Crippen LogP contribution in [0.5, 0.6) is 0 Å². The molecule has 0 fully saturated rings. The maximum atomic E-state index is 12.5. The molecule has 34 heavy (non-hydrogen) atoms. The number of benzene rings is 1. The van der Waals surface area contributed by atoms with Crippen LogP contribution < -0.4 is 5.32 Å². The number of amides is 1. The summed E-state index contributed by atoms with van der Waals surface area (Å²) in [6, 6.07) is 7.19. The molecule has 0 saturated heterocycles. The van der Waals surface area contributed by atoms with Gasteiger partial charge in [-0.2, -0.15) is 4.31 Å². The number of aromatic nitrogens is 1. The average Bonchev–Trinajstić information content (AvgIpc) is 3.10. The van der Waals surface area contributed by atoms with Gasteiger partial charge in [0.25, 0.3) is 5.91 Å². The van der Waals surface area contributed by atoms with Crippen molar-refractivity contribution in [1.82, 2.24) is 14.2 Å². The fraction of sp³-hybridized carbons (Fsp3) is 0.375. The van der Waals surface area contributed by atoms with E-state index in [0.717, 1.165) is 11.4 Å². The van der Waals surface area contributed by atoms with Gasteiger partial charge in [0.15, 0.2) is 6.61 Å². The van der Waals surface area contributed by atoms with E-state index in [1.807, 2.05) is 18.4 Å². The summed E-state index contributed by atoms with van der Waals surface area (Å²) in [5, 5.41) is 2.41. The molecule has 2 rings (SSSR count). The molecule has 1 amide bonds. The maximum absolute atomic E-state index is 12.5. The molecule has 0 aliphatic rings. The Morgan fingerprint density at radius 3 is 2.29 bits per heavy atom. The molecule has 0 bridgehead atoms. The summed E-state index contributed by atoms with van der Waals surface area (Å²) < 4.78 is 33.3. The summed E-state index contributed by atoms with van der Waals surface area (Å²) in [6.45, 7) is 11.3. The lowest BCUT2D eigenvalue weighted by atomic mass is 10.1. The molecule has 9 nitrogen and oxygen atoms in total. The normalized spacial score (nSPS) is 11.3. The highest BCUT2D eigenvalue weighted by atomic mass is 32.2. The highest BCUT2D eigenvalue weighted by Gasteiger charge is 2.22. The fourth-order valence-electron chi connectivity index (χ4n) is 3.51. The van der Waals surface area contributed by atoms with Crippen LogP contribution >= 0.6 is 0 Å². The van der Waals surface area contributed by atoms with E-state index in [9.17, 15) is 22.8 Å². The smallest absolute Gasteiger partial charge is 0.325 e. The van der Waals surface area contributed by atoms with E-state index < -0.39 is 35.1 Å². The van der Waals surface area contributed by atoms with Crippen molar-refractivity contribution in [3.63, 3.8) is 0 Å². The van der Waals surface area contributed by atoms with Crippen LogP contribution in [0.25, 0.3) is 0 Å². The number of allylic oxidation sites excluding steroid dienone is 1. The SMILES string of the molecule is C=CCn1c(C)cc(C(=O)COC(=O)CNC(=O)c2ccc(S(=O)(=O)N(CC)CC)cc2)c1C. The van der Waals surface area contributed by atoms with Crippen LogP contribution in [0.15, 0.2) is 47.9 Å². The number of esters is 1. The monoisotopic (exact) mass is 489 g/mol. The zero-order chi connectivity index (χ0) is 25.5. The molecule has 184 valence electrons. The predicted octanol–water partition coefficient (Wildman–Crippen LogP) is 2.48. The van der Waals surface area contributed by atoms with Gasteiger partial charge in [-0.15, -0.1) is 6.58 Å². The molecule has 1 aromatic heterocycles. The van der Waals surface area contributed by atoms with Gasteiger partial charge >= 0.3 is 5.97 Å². The van der Waals surface area contributed by atoms with Crippen LogP contribution in [0.4, 0.5) is 0 Å². The Labute approximate surface area is 200 Å². The summed E-state index contributed by atoms with van der Waals surface area (Å²) >= 11 is 0. The summed E-state index contributed by atoms with van der Waals surface area (Å²) in [5.41, 5.74) is 2.32. The highest BCUT2D eigenvalue weighted by molar-refractivity contribution is 7.89. The molecular weight excluding hydrogens is 458 g/mol. The number of nitrogens with one attached hydrogen (secondary N) is 1. The van der Waals surface area contributed by atoms with Crippen molar-refractivity contribution in [2.75, 3.05) is 26.2 Å². The van der Waals surface area contributed by atoms with Crippen molar-refractivity contribution in [2.24, 2.45) is 0 Å². The number of sulfonamides is 1. The van der Waals surface area contributed by atoms with Gasteiger partial charge in [0.2, 0.25) is 15.8 Å². The molecule has 0 aliphatic heterocycles. The second kappa shape index (κ2) is 11.8. The van der Waals surface area contributed by atoms with E-state index >= 15 is 0 Å². The van der Waals surface area contributed by atoms with Gasteiger partial charge in [0, 0.05) is 42.1 Å². The Bertz CT molecular complexity index is 1160. The first-order valence-electron chi connectivity index (χ1n) is 10.9. The largest absolute Gasteiger partial charge is 0.456 e. The van der Waals surface area contributed by atoms with E-state index in [0.29, 0.717) is 25.2 Å². The molecule has 0 saturated carbocycles. The number of aryl methyl sites for hydroxylation is 1. The third kappa shape index (κ3) is 6.21. The molecule has 0 unspecified atom stereocenters. The zero-order valence-electron chi connectivity index (χ0n) is 20.0. The van der Waals surface area contributed by atoms with Crippen molar-refractivity contribution in [1.29, 1.82) is 0 Å². The quantitative estimate of drug-likeness (QED) is 0.278. The second-order valence-corrected chi connectivity index (χ2v) is 9.50. The third-order valence-electron chi connectivity index (χ3n) is 5.40. The van der Waals surface area contributed by atoms with E-state index in [1.54, 1.807) is 26.0 Å². The molecule has 0 atom stereocenters. The first-order valence-corrected chi connectivity index (χ1v) is 12.4. The Balaban J connectivity index is 1.91. The van der Waals surface area contributed by atoms with Crippen molar-refractivity contribution in [3.8, 4) is 0 Å². The summed E-state index contributed by atoms with van der Waals surface area (Å²) in [6.07, 6.45) is 1.73. The number of nitrogens with zero attached hydrogens (tertiary/aromatic N) is 2. The Morgan fingerprint density at radius 1 is 1.12 bits per heavy atom. The summed E-state index contributed by atoms with van der Waals surface area (Å²) in [5.74, 6) is -1.67. The standard InChI is InChI=1S/C24H31N3O6S/c1-6-13-27-17(4)14-21(18(27)5)22(28)16-33-23(29)15-25-24(30)19-9-11-20(12-10-19)34(31,32)26(7-2)8-3/h6,9-12,14H,1,7-8,13,15-16H2,2-5H3,(H,25,30). The van der Waals surface area contributed by atoms with Crippen molar-refractivity contribution < 1.29 is 27.5 Å². The van der Waals surface area contributed by atoms with Crippen molar-refractivity contribution >= 4 is 27.7 Å². The highest BCUT2D eigenvalue weighted by Crippen LogP contribution is 2.17. The Kier molecular flexibility index (Phi) is 9.34. The van der Waals surface area contributed by atoms with Crippen molar-refractivity contribution in [2.45, 2.75) is 39.1 Å². The first kappa shape index (κ1) is 27.0. The average molecular weight is 490 g/mol. The predicted molar refractivity (Wildman–Crippen MR) is 128 cm³/mol. The molecule has 2 aromatic rings. The van der Waals surface area contributed by atoms with Gasteiger partial charge < -0.3 is 14.6 Å². The van der Waals surface area contributed by atoms with Gasteiger partial charge in [-0.05, 0) is 44.2 Å².